The van der Waals surface area contributed by atoms with Gasteiger partial charge in [0.05, 0.1) is 0 Å². The molecular weight excluding hydrogens is 829 g/mol. The number of allylic oxidation sites excluding steroid dienone is 20. The zero-order chi connectivity index (χ0) is 48.6. The second-order valence-electron chi connectivity index (χ2n) is 17.4. The molecule has 0 amide bonds. The first-order valence-electron chi connectivity index (χ1n) is 27.0. The third-order valence-corrected chi connectivity index (χ3v) is 11.0. The highest BCUT2D eigenvalue weighted by Gasteiger charge is 2.19. The van der Waals surface area contributed by atoms with E-state index >= 15 is 0 Å². The molecule has 0 aliphatic carbocycles. The summed E-state index contributed by atoms with van der Waals surface area (Å²) in [5, 5.41) is 0. The molecule has 67 heavy (non-hydrogen) atoms. The highest BCUT2D eigenvalue weighted by atomic mass is 16.6. The van der Waals surface area contributed by atoms with Crippen molar-refractivity contribution in [3.05, 3.63) is 122 Å². The van der Waals surface area contributed by atoms with Crippen LogP contribution in [0.1, 0.15) is 226 Å². The fourth-order valence-electron chi connectivity index (χ4n) is 6.99. The van der Waals surface area contributed by atoms with Gasteiger partial charge in [0.15, 0.2) is 6.10 Å². The highest BCUT2D eigenvalue weighted by molar-refractivity contribution is 5.71. The smallest absolute Gasteiger partial charge is 0.306 e. The molecule has 0 bridgehead atoms. The number of hydrogen-bond donors (Lipinski definition) is 0. The second-order valence-corrected chi connectivity index (χ2v) is 17.4. The van der Waals surface area contributed by atoms with Crippen LogP contribution in [0.25, 0.3) is 0 Å². The average Bonchev–Trinajstić information content (AvgIpc) is 3.33. The maximum absolute atomic E-state index is 12.8. The Kier molecular flexibility index (Phi) is 51.0. The number of esters is 3. The van der Waals surface area contributed by atoms with Gasteiger partial charge < -0.3 is 14.2 Å². The maximum atomic E-state index is 12.8. The van der Waals surface area contributed by atoms with Crippen LogP contribution in [-0.2, 0) is 28.6 Å². The van der Waals surface area contributed by atoms with Crippen LogP contribution in [0.4, 0.5) is 0 Å². The van der Waals surface area contributed by atoms with Crippen LogP contribution in [0.5, 0.6) is 0 Å². The first-order valence-corrected chi connectivity index (χ1v) is 27.0. The molecule has 0 saturated heterocycles. The zero-order valence-electron chi connectivity index (χ0n) is 43.1. The van der Waals surface area contributed by atoms with E-state index in [0.717, 1.165) is 96.3 Å². The summed E-state index contributed by atoms with van der Waals surface area (Å²) in [6, 6.07) is 0. The van der Waals surface area contributed by atoms with Gasteiger partial charge in [-0.2, -0.15) is 0 Å². The number of unbranched alkanes of at least 4 members (excludes halogenated alkanes) is 16. The van der Waals surface area contributed by atoms with Gasteiger partial charge in [0.1, 0.15) is 13.2 Å². The van der Waals surface area contributed by atoms with Gasteiger partial charge in [-0.05, 0) is 96.3 Å². The fourth-order valence-corrected chi connectivity index (χ4v) is 6.99. The highest BCUT2D eigenvalue weighted by Crippen LogP contribution is 2.14. The van der Waals surface area contributed by atoms with E-state index < -0.39 is 6.10 Å². The monoisotopic (exact) mass is 927 g/mol. The van der Waals surface area contributed by atoms with Crippen molar-refractivity contribution in [3.8, 4) is 0 Å². The van der Waals surface area contributed by atoms with E-state index in [4.69, 9.17) is 14.2 Å². The van der Waals surface area contributed by atoms with Crippen LogP contribution in [0, 0.1) is 0 Å². The molecule has 1 atom stereocenters. The Balaban J connectivity index is 4.57. The van der Waals surface area contributed by atoms with Gasteiger partial charge in [-0.3, -0.25) is 14.4 Å². The molecule has 0 aromatic rings. The topological polar surface area (TPSA) is 78.9 Å². The minimum Gasteiger partial charge on any atom is -0.462 e. The normalized spacial score (nSPS) is 13.1. The summed E-state index contributed by atoms with van der Waals surface area (Å²) in [6.45, 7) is 6.30. The van der Waals surface area contributed by atoms with Gasteiger partial charge in [0, 0.05) is 19.3 Å². The van der Waals surface area contributed by atoms with Crippen molar-refractivity contribution >= 4 is 17.9 Å². The molecule has 0 fully saturated rings. The first-order chi connectivity index (χ1) is 33.0. The lowest BCUT2D eigenvalue weighted by Gasteiger charge is -2.18. The SMILES string of the molecule is CC/C=C\C/C=C\C/C=C\C/C=C\C/C=C\C/C=C\CCC(=O)OC[C@H](COC(=O)CCCCCCCCCCCCCCCCC)OC(=O)CCCC/C=C\C/C=C\C/C=C\C/C=C\CC. The van der Waals surface area contributed by atoms with Crippen molar-refractivity contribution in [2.24, 2.45) is 0 Å². The minimum atomic E-state index is -0.832. The standard InChI is InChI=1S/C61H98O6/c1-4-7-10-13-16-19-22-25-28-29-30-31-34-36-39-42-45-48-51-54-60(63)66-57-58(67-61(64)55-52-49-46-43-40-37-33-27-24-21-18-15-12-9-6-3)56-65-59(62)53-50-47-44-41-38-35-32-26-23-20-17-14-11-8-5-2/h7,9-10,12,16,18-19,21,25,27-28,30-31,33,36,39-40,43,45,48,58H,4-6,8,11,13-15,17,20,22-24,26,29,32,34-35,37-38,41-42,44,46-47,49-57H2,1-3H3/b10-7-,12-9-,19-16-,21-18-,28-25-,31-30-,33-27-,39-36-,43-40-,48-45-/t58-/m0/s1. The second kappa shape index (κ2) is 54.4. The van der Waals surface area contributed by atoms with Gasteiger partial charge in [0.25, 0.3) is 0 Å². The number of hydrogen-bond acceptors (Lipinski definition) is 6. The lowest BCUT2D eigenvalue weighted by Crippen LogP contribution is -2.30. The summed E-state index contributed by atoms with van der Waals surface area (Å²) in [4.78, 5) is 38.0. The van der Waals surface area contributed by atoms with E-state index in [1.165, 1.54) is 77.0 Å². The molecule has 378 valence electrons. The molecular formula is C61H98O6. The summed E-state index contributed by atoms with van der Waals surface area (Å²) in [6.07, 6.45) is 74.8. The largest absolute Gasteiger partial charge is 0.462 e. The Bertz CT molecular complexity index is 1440. The van der Waals surface area contributed by atoms with Gasteiger partial charge in [-0.15, -0.1) is 0 Å². The lowest BCUT2D eigenvalue weighted by molar-refractivity contribution is -0.166. The molecule has 0 N–H and O–H groups in total. The van der Waals surface area contributed by atoms with Gasteiger partial charge in [-0.25, -0.2) is 0 Å². The van der Waals surface area contributed by atoms with Crippen LogP contribution in [0.3, 0.4) is 0 Å². The molecule has 0 rings (SSSR count). The summed E-state index contributed by atoms with van der Waals surface area (Å²) in [7, 11) is 0. The zero-order valence-corrected chi connectivity index (χ0v) is 43.1. The van der Waals surface area contributed by atoms with E-state index in [9.17, 15) is 14.4 Å². The average molecular weight is 927 g/mol. The lowest BCUT2D eigenvalue weighted by atomic mass is 10.0. The molecule has 0 spiro atoms. The number of rotatable bonds is 47. The predicted molar refractivity (Wildman–Crippen MR) is 288 cm³/mol. The Morgan fingerprint density at radius 3 is 1.00 bits per heavy atom. The first kappa shape index (κ1) is 62.8. The molecule has 6 heteroatoms. The maximum Gasteiger partial charge on any atom is 0.306 e. The number of carbonyl (C=O) groups is 3. The Hall–Kier alpha value is -4.19. The molecule has 6 nitrogen and oxygen atoms in total. The van der Waals surface area contributed by atoms with Crippen molar-refractivity contribution in [2.45, 2.75) is 232 Å². The van der Waals surface area contributed by atoms with Crippen molar-refractivity contribution in [3.63, 3.8) is 0 Å². The predicted octanol–water partition coefficient (Wildman–Crippen LogP) is 18.1. The van der Waals surface area contributed by atoms with Crippen LogP contribution < -0.4 is 0 Å². The Labute approximate surface area is 412 Å². The summed E-state index contributed by atoms with van der Waals surface area (Å²) >= 11 is 0. The van der Waals surface area contributed by atoms with Crippen molar-refractivity contribution in [1.82, 2.24) is 0 Å². The molecule has 0 radical (unpaired) electrons. The van der Waals surface area contributed by atoms with Crippen molar-refractivity contribution in [2.75, 3.05) is 13.2 Å². The molecule has 0 aliphatic heterocycles. The van der Waals surface area contributed by atoms with Crippen LogP contribution in [0.15, 0.2) is 122 Å². The van der Waals surface area contributed by atoms with E-state index in [1.54, 1.807) is 0 Å². The summed E-state index contributed by atoms with van der Waals surface area (Å²) in [5.41, 5.74) is 0. The van der Waals surface area contributed by atoms with E-state index in [-0.39, 0.29) is 44.0 Å². The summed E-state index contributed by atoms with van der Waals surface area (Å²) < 4.78 is 16.7. The van der Waals surface area contributed by atoms with E-state index in [2.05, 4.69) is 130 Å². The van der Waals surface area contributed by atoms with E-state index in [1.807, 2.05) is 12.2 Å². The molecule has 0 aliphatic rings. The third kappa shape index (κ3) is 52.6. The van der Waals surface area contributed by atoms with Crippen molar-refractivity contribution in [1.29, 1.82) is 0 Å². The number of ether oxygens (including phenoxy) is 3. The Morgan fingerprint density at radius 1 is 0.313 bits per heavy atom. The molecule has 0 saturated carbocycles. The number of carbonyl (C=O) groups excluding carboxylic acids is 3. The minimum absolute atomic E-state index is 0.119. The van der Waals surface area contributed by atoms with Gasteiger partial charge >= 0.3 is 17.9 Å². The summed E-state index contributed by atoms with van der Waals surface area (Å²) in [5.74, 6) is -1.05. The molecule has 0 aromatic heterocycles. The van der Waals surface area contributed by atoms with Crippen LogP contribution in [0.2, 0.25) is 0 Å². The van der Waals surface area contributed by atoms with E-state index in [0.29, 0.717) is 19.3 Å². The molecule has 0 unspecified atom stereocenters. The van der Waals surface area contributed by atoms with Gasteiger partial charge in [-0.1, -0.05) is 232 Å². The molecule has 0 heterocycles. The van der Waals surface area contributed by atoms with Crippen LogP contribution >= 0.6 is 0 Å². The van der Waals surface area contributed by atoms with Crippen molar-refractivity contribution < 1.29 is 28.6 Å². The molecule has 0 aromatic carbocycles. The quantitative estimate of drug-likeness (QED) is 0.0262. The fraction of sp³-hybridized carbons (Fsp3) is 0.623. The van der Waals surface area contributed by atoms with Gasteiger partial charge in [0.2, 0.25) is 0 Å². The van der Waals surface area contributed by atoms with Crippen LogP contribution in [-0.4, -0.2) is 37.2 Å². The Morgan fingerprint density at radius 2 is 0.612 bits per heavy atom. The third-order valence-electron chi connectivity index (χ3n) is 11.0.